The fourth-order valence-electron chi connectivity index (χ4n) is 2.97. The van der Waals surface area contributed by atoms with Crippen LogP contribution in [0.2, 0.25) is 0 Å². The molecule has 3 rings (SSSR count). The number of hydrogen-bond donors (Lipinski definition) is 1. The van der Waals surface area contributed by atoms with Crippen LogP contribution >= 0.6 is 0 Å². The summed E-state index contributed by atoms with van der Waals surface area (Å²) in [4.78, 5) is 37.5. The van der Waals surface area contributed by atoms with Crippen molar-refractivity contribution in [3.05, 3.63) is 52.1 Å². The molecule has 0 aliphatic carbocycles. The second-order valence-electron chi connectivity index (χ2n) is 6.37. The highest BCUT2D eigenvalue weighted by Gasteiger charge is 2.29. The molecule has 2 amide bonds. The van der Waals surface area contributed by atoms with Gasteiger partial charge in [-0.15, -0.1) is 0 Å². The number of ether oxygens (including phenoxy) is 3. The Labute approximate surface area is 172 Å². The van der Waals surface area contributed by atoms with Gasteiger partial charge in [-0.2, -0.15) is 0 Å². The van der Waals surface area contributed by atoms with Crippen LogP contribution in [0.1, 0.15) is 17.3 Å². The van der Waals surface area contributed by atoms with Gasteiger partial charge in [0.1, 0.15) is 31.1 Å². The van der Waals surface area contributed by atoms with Crippen LogP contribution in [-0.2, 0) is 4.79 Å². The molecule has 1 aliphatic heterocycles. The highest BCUT2D eigenvalue weighted by molar-refractivity contribution is 6.02. The van der Waals surface area contributed by atoms with E-state index in [2.05, 4.69) is 5.32 Å². The van der Waals surface area contributed by atoms with E-state index in [0.29, 0.717) is 11.4 Å². The number of amides is 2. The minimum absolute atomic E-state index is 0.166. The summed E-state index contributed by atoms with van der Waals surface area (Å²) < 4.78 is 15.9. The number of benzene rings is 2. The molecular weight excluding hydrogens is 394 g/mol. The number of anilines is 1. The standard InChI is InChI=1S/C20H21N3O7/c1-3-22(12-19(24)21-13-5-4-6-14(9-13)28-2)20(25)15-10-17-18(30-8-7-29-17)11-16(15)23(26)27/h4-6,9-11H,3,7-8,12H2,1-2H3,(H,21,24). The lowest BCUT2D eigenvalue weighted by Crippen LogP contribution is -2.38. The van der Waals surface area contributed by atoms with E-state index in [1.165, 1.54) is 24.1 Å². The van der Waals surface area contributed by atoms with E-state index in [1.54, 1.807) is 31.2 Å². The maximum atomic E-state index is 13.0. The molecule has 0 saturated heterocycles. The lowest BCUT2D eigenvalue weighted by atomic mass is 10.1. The summed E-state index contributed by atoms with van der Waals surface area (Å²) in [6, 6.07) is 9.24. The number of likely N-dealkylation sites (N-methyl/N-ethyl adjacent to an activating group) is 1. The van der Waals surface area contributed by atoms with Crippen molar-refractivity contribution in [2.45, 2.75) is 6.92 Å². The minimum Gasteiger partial charge on any atom is -0.497 e. The molecule has 2 aromatic rings. The first-order valence-corrected chi connectivity index (χ1v) is 9.24. The lowest BCUT2D eigenvalue weighted by Gasteiger charge is -2.22. The van der Waals surface area contributed by atoms with Crippen molar-refractivity contribution in [1.82, 2.24) is 4.90 Å². The van der Waals surface area contributed by atoms with Gasteiger partial charge in [0.2, 0.25) is 5.91 Å². The van der Waals surface area contributed by atoms with Crippen LogP contribution in [0.25, 0.3) is 0 Å². The predicted octanol–water partition coefficient (Wildman–Crippen LogP) is 2.48. The molecule has 0 aromatic heterocycles. The summed E-state index contributed by atoms with van der Waals surface area (Å²) in [5.74, 6) is -0.0563. The van der Waals surface area contributed by atoms with E-state index in [9.17, 15) is 19.7 Å². The Balaban J connectivity index is 1.80. The van der Waals surface area contributed by atoms with Crippen molar-refractivity contribution in [1.29, 1.82) is 0 Å². The molecule has 2 aromatic carbocycles. The first-order chi connectivity index (χ1) is 14.4. The van der Waals surface area contributed by atoms with Crippen molar-refractivity contribution < 1.29 is 28.7 Å². The fourth-order valence-corrected chi connectivity index (χ4v) is 2.97. The molecule has 10 heteroatoms. The van der Waals surface area contributed by atoms with Gasteiger partial charge in [-0.1, -0.05) is 6.07 Å². The van der Waals surface area contributed by atoms with Crippen LogP contribution in [-0.4, -0.2) is 55.1 Å². The summed E-state index contributed by atoms with van der Waals surface area (Å²) >= 11 is 0. The molecule has 10 nitrogen and oxygen atoms in total. The van der Waals surface area contributed by atoms with Crippen LogP contribution in [0, 0.1) is 10.1 Å². The molecule has 1 heterocycles. The number of rotatable bonds is 7. The number of carbonyl (C=O) groups excluding carboxylic acids is 2. The molecule has 158 valence electrons. The largest absolute Gasteiger partial charge is 0.497 e. The summed E-state index contributed by atoms with van der Waals surface area (Å²) in [5, 5.41) is 14.2. The van der Waals surface area contributed by atoms with Crippen molar-refractivity contribution in [3.8, 4) is 17.2 Å². The van der Waals surface area contributed by atoms with Gasteiger partial charge < -0.3 is 24.4 Å². The molecule has 0 fully saturated rings. The molecule has 30 heavy (non-hydrogen) atoms. The van der Waals surface area contributed by atoms with Gasteiger partial charge in [0.15, 0.2) is 11.5 Å². The van der Waals surface area contributed by atoms with Crippen molar-refractivity contribution in [2.75, 3.05) is 38.7 Å². The van der Waals surface area contributed by atoms with Crippen molar-refractivity contribution in [2.24, 2.45) is 0 Å². The fraction of sp³-hybridized carbons (Fsp3) is 0.300. The van der Waals surface area contributed by atoms with E-state index in [0.717, 1.165) is 0 Å². The number of nitrogens with zero attached hydrogens (tertiary/aromatic N) is 2. The minimum atomic E-state index is -0.657. The van der Waals surface area contributed by atoms with Gasteiger partial charge in [-0.3, -0.25) is 19.7 Å². The van der Waals surface area contributed by atoms with E-state index in [4.69, 9.17) is 14.2 Å². The van der Waals surface area contributed by atoms with Gasteiger partial charge in [-0.25, -0.2) is 0 Å². The zero-order valence-electron chi connectivity index (χ0n) is 16.5. The van der Waals surface area contributed by atoms with Crippen LogP contribution in [0.15, 0.2) is 36.4 Å². The Morgan fingerprint density at radius 2 is 1.90 bits per heavy atom. The molecule has 1 aliphatic rings. The topological polar surface area (TPSA) is 120 Å². The van der Waals surface area contributed by atoms with Gasteiger partial charge in [0, 0.05) is 24.4 Å². The predicted molar refractivity (Wildman–Crippen MR) is 107 cm³/mol. The molecule has 0 spiro atoms. The average molecular weight is 415 g/mol. The zero-order valence-corrected chi connectivity index (χ0v) is 16.5. The average Bonchev–Trinajstić information content (AvgIpc) is 2.76. The van der Waals surface area contributed by atoms with Gasteiger partial charge >= 0.3 is 0 Å². The number of nitro benzene ring substituents is 1. The molecule has 0 saturated carbocycles. The quantitative estimate of drug-likeness (QED) is 0.545. The first kappa shape index (κ1) is 20.9. The van der Waals surface area contributed by atoms with Crippen LogP contribution in [0.5, 0.6) is 17.2 Å². The molecule has 0 unspecified atom stereocenters. The Morgan fingerprint density at radius 3 is 2.53 bits per heavy atom. The number of methoxy groups -OCH3 is 1. The van der Waals surface area contributed by atoms with Crippen LogP contribution in [0.4, 0.5) is 11.4 Å². The molecule has 0 radical (unpaired) electrons. The lowest BCUT2D eigenvalue weighted by molar-refractivity contribution is -0.385. The Hall–Kier alpha value is -3.82. The number of carbonyl (C=O) groups is 2. The Bertz CT molecular complexity index is 977. The third-order valence-corrected chi connectivity index (χ3v) is 4.44. The van der Waals surface area contributed by atoms with E-state index in [-0.39, 0.29) is 43.4 Å². The number of nitrogens with one attached hydrogen (secondary N) is 1. The monoisotopic (exact) mass is 415 g/mol. The Morgan fingerprint density at radius 1 is 1.20 bits per heavy atom. The van der Waals surface area contributed by atoms with E-state index in [1.807, 2.05) is 0 Å². The molecule has 1 N–H and O–H groups in total. The van der Waals surface area contributed by atoms with Crippen molar-refractivity contribution >= 4 is 23.2 Å². The maximum absolute atomic E-state index is 13.0. The van der Waals surface area contributed by atoms with Crippen molar-refractivity contribution in [3.63, 3.8) is 0 Å². The second-order valence-corrected chi connectivity index (χ2v) is 6.37. The molecular formula is C20H21N3O7. The SMILES string of the molecule is CCN(CC(=O)Nc1cccc(OC)c1)C(=O)c1cc2c(cc1[N+](=O)[O-])OCCO2. The van der Waals surface area contributed by atoms with Gasteiger partial charge in [0.25, 0.3) is 11.6 Å². The number of fused-ring (bicyclic) bond motifs is 1. The van der Waals surface area contributed by atoms with Crippen LogP contribution < -0.4 is 19.5 Å². The van der Waals surface area contributed by atoms with E-state index < -0.39 is 22.4 Å². The summed E-state index contributed by atoms with van der Waals surface area (Å²) in [6.07, 6.45) is 0. The summed E-state index contributed by atoms with van der Waals surface area (Å²) in [6.45, 7) is 2.12. The normalized spacial score (nSPS) is 12.1. The third kappa shape index (κ3) is 4.59. The highest BCUT2D eigenvalue weighted by Crippen LogP contribution is 2.37. The van der Waals surface area contributed by atoms with Gasteiger partial charge in [0.05, 0.1) is 18.1 Å². The smallest absolute Gasteiger partial charge is 0.286 e. The second kappa shape index (κ2) is 9.12. The number of nitro groups is 1. The zero-order chi connectivity index (χ0) is 21.7. The maximum Gasteiger partial charge on any atom is 0.286 e. The highest BCUT2D eigenvalue weighted by atomic mass is 16.6. The summed E-state index contributed by atoms with van der Waals surface area (Å²) in [7, 11) is 1.51. The molecule has 0 bridgehead atoms. The Kier molecular flexibility index (Phi) is 6.35. The summed E-state index contributed by atoms with van der Waals surface area (Å²) in [5.41, 5.74) is -0.0654. The van der Waals surface area contributed by atoms with Crippen LogP contribution in [0.3, 0.4) is 0 Å². The molecule has 0 atom stereocenters. The third-order valence-electron chi connectivity index (χ3n) is 4.44. The first-order valence-electron chi connectivity index (χ1n) is 9.24. The van der Waals surface area contributed by atoms with Gasteiger partial charge in [-0.05, 0) is 19.1 Å². The van der Waals surface area contributed by atoms with E-state index >= 15 is 0 Å². The number of hydrogen-bond acceptors (Lipinski definition) is 7.